The molecule has 0 aliphatic carbocycles. The van der Waals surface area contributed by atoms with E-state index in [1.54, 1.807) is 39.0 Å². The zero-order valence-corrected chi connectivity index (χ0v) is 60.2. The van der Waals surface area contributed by atoms with Gasteiger partial charge in [-0.15, -0.1) is 0 Å². The summed E-state index contributed by atoms with van der Waals surface area (Å²) in [6.45, 7) is 13.7. The minimum absolute atomic E-state index is 0. The Hall–Kier alpha value is -5.69. The number of methoxy groups -OCH3 is 6. The molecule has 0 radical (unpaired) electrons. The summed E-state index contributed by atoms with van der Waals surface area (Å²) < 4.78 is 27.5. The molecular formula is C61H101N13O12Zn2+4. The molecule has 0 bridgehead atoms. The van der Waals surface area contributed by atoms with Gasteiger partial charge in [0, 0.05) is 113 Å². The predicted octanol–water partition coefficient (Wildman–Crippen LogP) is 2.97. The van der Waals surface area contributed by atoms with Gasteiger partial charge in [-0.25, -0.2) is 4.79 Å². The third-order valence-corrected chi connectivity index (χ3v) is 11.7. The summed E-state index contributed by atoms with van der Waals surface area (Å²) in [6, 6.07) is 21.7. The second kappa shape index (κ2) is 59.0. The molecule has 2 unspecified atom stereocenters. The summed E-state index contributed by atoms with van der Waals surface area (Å²) in [5.74, 6) is -2.05. The van der Waals surface area contributed by atoms with Crippen LogP contribution >= 0.6 is 0 Å². The van der Waals surface area contributed by atoms with Crippen LogP contribution in [-0.2, 0) is 122 Å². The molecule has 0 saturated heterocycles. The third-order valence-electron chi connectivity index (χ3n) is 11.7. The van der Waals surface area contributed by atoms with Gasteiger partial charge in [0.25, 0.3) is 0 Å². The van der Waals surface area contributed by atoms with Crippen molar-refractivity contribution in [3.8, 4) is 0 Å². The van der Waals surface area contributed by atoms with Crippen molar-refractivity contribution < 1.29 is 96.1 Å². The van der Waals surface area contributed by atoms with Gasteiger partial charge in [-0.2, -0.15) is 0 Å². The number of pyridine rings is 4. The second-order valence-corrected chi connectivity index (χ2v) is 19.7. The van der Waals surface area contributed by atoms with Gasteiger partial charge in [0.15, 0.2) is 0 Å². The van der Waals surface area contributed by atoms with E-state index in [0.29, 0.717) is 77.2 Å². The van der Waals surface area contributed by atoms with Gasteiger partial charge in [-0.1, -0.05) is 30.7 Å². The summed E-state index contributed by atoms with van der Waals surface area (Å²) >= 11 is 0. The number of hydrogen-bond acceptors (Lipinski definition) is 20. The number of rotatable bonds is 37. The number of carbonyl (C=O) groups excluding carboxylic acids is 6. The van der Waals surface area contributed by atoms with E-state index in [1.165, 1.54) is 28.4 Å². The Bertz CT molecular complexity index is 2240. The van der Waals surface area contributed by atoms with Gasteiger partial charge in [-0.05, 0) is 128 Å². The molecule has 8 N–H and O–H groups in total. The van der Waals surface area contributed by atoms with Crippen LogP contribution in [0.4, 0.5) is 0 Å². The maximum atomic E-state index is 13.5. The van der Waals surface area contributed by atoms with E-state index in [9.17, 15) is 28.8 Å². The molecule has 0 aromatic carbocycles. The van der Waals surface area contributed by atoms with E-state index in [2.05, 4.69) is 75.8 Å². The summed E-state index contributed by atoms with van der Waals surface area (Å²) in [7, 11) is 10.9. The maximum absolute atomic E-state index is 13.5. The smallest absolute Gasteiger partial charge is 0.467 e. The molecule has 4 aromatic heterocycles. The van der Waals surface area contributed by atoms with Crippen molar-refractivity contribution in [3.05, 3.63) is 120 Å². The van der Waals surface area contributed by atoms with Crippen LogP contribution in [0, 0.1) is 0 Å². The van der Waals surface area contributed by atoms with E-state index in [-0.39, 0.29) is 96.2 Å². The number of amides is 5. The third kappa shape index (κ3) is 50.2. The predicted molar refractivity (Wildman–Crippen MR) is 331 cm³/mol. The molecule has 0 fully saturated rings. The molecule has 25 nitrogen and oxygen atoms in total. The van der Waals surface area contributed by atoms with Gasteiger partial charge in [0.05, 0.1) is 54.7 Å². The van der Waals surface area contributed by atoms with Crippen molar-refractivity contribution in [1.82, 2.24) is 61.6 Å². The summed E-state index contributed by atoms with van der Waals surface area (Å²) in [4.78, 5) is 94.2. The molecule has 4 aromatic rings. The Kier molecular flexibility index (Phi) is 58.0. The van der Waals surface area contributed by atoms with Crippen molar-refractivity contribution in [2.24, 2.45) is 5.73 Å². The van der Waals surface area contributed by atoms with Gasteiger partial charge in [-0.3, -0.25) is 53.7 Å². The molecule has 0 aliphatic heterocycles. The number of nitrogens with zero attached hydrogens (tertiary/aromatic N) is 6. The molecule has 4 rings (SSSR count). The number of ether oxygens (including phenoxy) is 6. The van der Waals surface area contributed by atoms with Crippen molar-refractivity contribution >= 4 is 35.5 Å². The van der Waals surface area contributed by atoms with Gasteiger partial charge in [0.2, 0.25) is 29.5 Å². The van der Waals surface area contributed by atoms with Crippen LogP contribution in [0.2, 0.25) is 0 Å². The molecule has 27 heteroatoms. The van der Waals surface area contributed by atoms with Crippen LogP contribution in [0.15, 0.2) is 97.6 Å². The van der Waals surface area contributed by atoms with E-state index >= 15 is 0 Å². The minimum atomic E-state index is -0.901. The quantitative estimate of drug-likeness (QED) is 0.0194. The average Bonchev–Trinajstić information content (AvgIpc) is 3.64. The Morgan fingerprint density at radius 1 is 0.489 bits per heavy atom. The summed E-state index contributed by atoms with van der Waals surface area (Å²) in [6.07, 6.45) is 11.5. The number of nitrogens with one attached hydrogen (secondary N) is 6. The number of carbonyl (C=O) groups is 6. The van der Waals surface area contributed by atoms with Gasteiger partial charge in [0.1, 0.15) is 25.9 Å². The Labute approximate surface area is 548 Å². The zero-order valence-electron chi connectivity index (χ0n) is 54.3. The van der Waals surface area contributed by atoms with Crippen molar-refractivity contribution in [2.45, 2.75) is 117 Å². The van der Waals surface area contributed by atoms with Crippen molar-refractivity contribution in [2.75, 3.05) is 115 Å². The van der Waals surface area contributed by atoms with Crippen LogP contribution in [0.1, 0.15) is 89.0 Å². The molecule has 0 aliphatic rings. The van der Waals surface area contributed by atoms with Gasteiger partial charge < -0.3 is 66.1 Å². The standard InChI is InChI=1S/C43H59N11O5.C6H14N2O2.C4H8O3.2C4H10O.2Zn/c1-59-33-41(56)50-25-24-49-40(55)28-51-43(58)39(19-7-13-27-54(31-36-16-4-10-22-47-36)32-37-17-5-11-23-48-37)52-42(57)38(44)18-6-12-26-53(29-34-14-2-8-20-45-34)30-35-15-3-9-21-46-35;1-7-3-4-8-6(9)5-10-2;1-6-3-4(5)7-2;2*1-4(2)5-3;;/h2-5,8-11,14-17,20-23,38-39H,6-7,12-13,18-19,24-33,44H2,1H3,(H,49,55)(H,50,56)(H,51,58)(H,52,57);7H,3-5H2,1-2H3,(H,8,9);3H2,1-2H3;2*4H,1-3H3;;/q;;;;;2*+2. The largest absolute Gasteiger partial charge is 2.00 e. The first kappa shape index (κ1) is 86.5. The SMILES string of the molecule is CNCCNC(=O)COC.COC(C)C.COC(C)C.COCC(=O)NCCNC(=O)CNC(=O)C(CCCCN(Cc1ccccn1)Cc1ccccn1)NC(=O)C(N)CCCCN(Cc1ccccn1)Cc1ccccn1.COCC(=O)OC.[Zn+2].[Zn+2]. The molecule has 5 amide bonds. The first-order valence-corrected chi connectivity index (χ1v) is 28.9. The van der Waals surface area contributed by atoms with E-state index < -0.39 is 29.8 Å². The zero-order chi connectivity index (χ0) is 64.0. The number of aromatic nitrogens is 4. The normalized spacial score (nSPS) is 11.0. The molecule has 0 saturated carbocycles. The van der Waals surface area contributed by atoms with Crippen LogP contribution in [0.3, 0.4) is 0 Å². The first-order chi connectivity index (χ1) is 41.4. The monoisotopic (exact) mass is 1340 g/mol. The fourth-order valence-corrected chi connectivity index (χ4v) is 7.00. The molecule has 2 atom stereocenters. The molecule has 4 heterocycles. The van der Waals surface area contributed by atoms with Crippen LogP contribution in [0.5, 0.6) is 0 Å². The first-order valence-electron chi connectivity index (χ1n) is 28.9. The maximum Gasteiger partial charge on any atom is 2.00 e. The number of likely N-dealkylation sites (N-methyl/N-ethyl adjacent to an activating group) is 1. The number of esters is 1. The summed E-state index contributed by atoms with van der Waals surface area (Å²) in [5.41, 5.74) is 10.2. The minimum Gasteiger partial charge on any atom is -0.467 e. The summed E-state index contributed by atoms with van der Waals surface area (Å²) in [5, 5.41) is 16.4. The van der Waals surface area contributed by atoms with Crippen molar-refractivity contribution in [3.63, 3.8) is 0 Å². The fourth-order valence-electron chi connectivity index (χ4n) is 7.00. The Morgan fingerprint density at radius 2 is 0.852 bits per heavy atom. The topological polar surface area (TPSA) is 314 Å². The Balaban J connectivity index is -0.00000206. The number of nitrogens with two attached hydrogens (primary N) is 1. The molecular weight excluding hydrogens is 1240 g/mol. The fraction of sp³-hybridized carbons (Fsp3) is 0.574. The van der Waals surface area contributed by atoms with E-state index in [1.807, 2.05) is 108 Å². The van der Waals surface area contributed by atoms with E-state index in [0.717, 1.165) is 48.7 Å². The van der Waals surface area contributed by atoms with Crippen molar-refractivity contribution in [1.29, 1.82) is 0 Å². The van der Waals surface area contributed by atoms with Crippen LogP contribution in [0.25, 0.3) is 0 Å². The van der Waals surface area contributed by atoms with Gasteiger partial charge >= 0.3 is 44.9 Å². The number of hydrogen-bond donors (Lipinski definition) is 7. The second-order valence-electron chi connectivity index (χ2n) is 19.7. The average molecular weight is 1340 g/mol. The molecule has 0 spiro atoms. The molecule has 482 valence electrons. The van der Waals surface area contributed by atoms with Crippen LogP contribution in [-0.4, -0.2) is 205 Å². The van der Waals surface area contributed by atoms with Crippen LogP contribution < -0.4 is 37.6 Å². The van der Waals surface area contributed by atoms with E-state index in [4.69, 9.17) is 19.9 Å². The number of unbranched alkanes of at least 4 members (excludes halogenated alkanes) is 2. The Morgan fingerprint density at radius 3 is 1.17 bits per heavy atom. The molecule has 88 heavy (non-hydrogen) atoms.